The Kier molecular flexibility index (Phi) is 3.59. The Morgan fingerprint density at radius 1 is 1.33 bits per heavy atom. The molecule has 0 aliphatic rings. The van der Waals surface area contributed by atoms with Crippen molar-refractivity contribution in [1.82, 2.24) is 4.72 Å². The monoisotopic (exact) mass is 237 g/mol. The van der Waals surface area contributed by atoms with Crippen LogP contribution in [0.25, 0.3) is 0 Å². The molecular weight excluding hydrogens is 228 g/mol. The molecule has 0 heterocycles. The lowest BCUT2D eigenvalue weighted by molar-refractivity contribution is 0.232. The van der Waals surface area contributed by atoms with Gasteiger partial charge in [-0.05, 0) is 6.07 Å². The number of sulfonamides is 1. The number of rotatable bonds is 4. The first-order valence-corrected chi connectivity index (χ1v) is 5.51. The molecule has 15 heavy (non-hydrogen) atoms. The molecule has 0 atom stereocenters. The van der Waals surface area contributed by atoms with Gasteiger partial charge in [-0.1, -0.05) is 18.2 Å². The molecule has 1 aromatic rings. The summed E-state index contributed by atoms with van der Waals surface area (Å²) in [5, 5.41) is 9.22. The number of phenols is 1. The van der Waals surface area contributed by atoms with E-state index in [4.69, 9.17) is 0 Å². The highest BCUT2D eigenvalue weighted by Gasteiger charge is 2.23. The number of para-hydroxylation sites is 1. The van der Waals surface area contributed by atoms with E-state index in [1.807, 2.05) is 0 Å². The summed E-state index contributed by atoms with van der Waals surface area (Å²) < 4.78 is 46.8. The van der Waals surface area contributed by atoms with Crippen molar-refractivity contribution in [3.8, 4) is 5.75 Å². The Labute approximate surface area is 85.6 Å². The zero-order valence-electron chi connectivity index (χ0n) is 7.52. The van der Waals surface area contributed by atoms with E-state index in [0.29, 0.717) is 0 Å². The van der Waals surface area contributed by atoms with Crippen LogP contribution in [0.5, 0.6) is 5.75 Å². The molecule has 0 spiro atoms. The number of hydrogen-bond donors (Lipinski definition) is 2. The molecule has 4 nitrogen and oxygen atoms in total. The van der Waals surface area contributed by atoms with E-state index >= 15 is 0 Å². The van der Waals surface area contributed by atoms with E-state index in [0.717, 1.165) is 0 Å². The predicted molar refractivity (Wildman–Crippen MR) is 49.9 cm³/mol. The van der Waals surface area contributed by atoms with Crippen molar-refractivity contribution in [2.75, 3.05) is 0 Å². The molecule has 0 amide bonds. The van der Waals surface area contributed by atoms with Crippen LogP contribution in [0.1, 0.15) is 5.56 Å². The third-order valence-corrected chi connectivity index (χ3v) is 2.71. The van der Waals surface area contributed by atoms with Crippen LogP contribution in [0, 0.1) is 0 Å². The second-order valence-electron chi connectivity index (χ2n) is 2.76. The third kappa shape index (κ3) is 3.14. The van der Waals surface area contributed by atoms with Crippen LogP contribution in [-0.4, -0.2) is 19.3 Å². The molecule has 0 aromatic heterocycles. The lowest BCUT2D eigenvalue weighted by Gasteiger charge is -2.06. The Bertz CT molecular complexity index is 433. The molecule has 7 heteroatoms. The molecule has 0 saturated carbocycles. The Morgan fingerprint density at radius 3 is 2.47 bits per heavy atom. The van der Waals surface area contributed by atoms with Crippen molar-refractivity contribution in [1.29, 1.82) is 0 Å². The highest BCUT2D eigenvalue weighted by atomic mass is 32.2. The standard InChI is InChI=1S/C8H9F2NO3S/c9-8(10)15(13,14)11-5-6-3-1-2-4-7(6)12/h1-4,8,11-12H,5H2. The van der Waals surface area contributed by atoms with Crippen LogP contribution < -0.4 is 4.72 Å². The summed E-state index contributed by atoms with van der Waals surface area (Å²) in [6, 6.07) is 5.88. The first-order chi connectivity index (χ1) is 6.93. The maximum atomic E-state index is 11.9. The first kappa shape index (κ1) is 11.9. The number of phenolic OH excluding ortho intramolecular Hbond substituents is 1. The number of halogens is 2. The summed E-state index contributed by atoms with van der Waals surface area (Å²) in [5.41, 5.74) is 0.238. The zero-order chi connectivity index (χ0) is 11.5. The Balaban J connectivity index is 2.70. The second-order valence-corrected chi connectivity index (χ2v) is 4.49. The number of benzene rings is 1. The largest absolute Gasteiger partial charge is 0.508 e. The van der Waals surface area contributed by atoms with Gasteiger partial charge in [0, 0.05) is 12.1 Å². The van der Waals surface area contributed by atoms with Gasteiger partial charge < -0.3 is 5.11 Å². The summed E-state index contributed by atoms with van der Waals surface area (Å²) in [5.74, 6) is -3.61. The van der Waals surface area contributed by atoms with Gasteiger partial charge >= 0.3 is 5.76 Å². The van der Waals surface area contributed by atoms with Gasteiger partial charge in [0.05, 0.1) is 0 Å². The van der Waals surface area contributed by atoms with Gasteiger partial charge in [0.15, 0.2) is 0 Å². The number of nitrogens with one attached hydrogen (secondary N) is 1. The highest BCUT2D eigenvalue weighted by molar-refractivity contribution is 7.89. The van der Waals surface area contributed by atoms with Gasteiger partial charge in [-0.25, -0.2) is 13.1 Å². The summed E-state index contributed by atoms with van der Waals surface area (Å²) >= 11 is 0. The molecule has 0 fully saturated rings. The molecule has 84 valence electrons. The molecule has 2 N–H and O–H groups in total. The average Bonchev–Trinajstić information content (AvgIpc) is 2.16. The molecule has 0 bridgehead atoms. The number of hydrogen-bond acceptors (Lipinski definition) is 3. The molecule has 0 unspecified atom stereocenters. The normalized spacial score (nSPS) is 11.9. The fourth-order valence-electron chi connectivity index (χ4n) is 0.902. The average molecular weight is 237 g/mol. The highest BCUT2D eigenvalue weighted by Crippen LogP contribution is 2.15. The minimum absolute atomic E-state index is 0.144. The summed E-state index contributed by atoms with van der Waals surface area (Å²) in [6.07, 6.45) is 0. The van der Waals surface area contributed by atoms with Gasteiger partial charge in [-0.3, -0.25) is 0 Å². The molecule has 0 aliphatic heterocycles. The van der Waals surface area contributed by atoms with E-state index in [-0.39, 0.29) is 17.9 Å². The predicted octanol–water partition coefficient (Wildman–Crippen LogP) is 1.03. The summed E-state index contributed by atoms with van der Waals surface area (Å²) in [6.45, 7) is -0.362. The lowest BCUT2D eigenvalue weighted by Crippen LogP contribution is -2.28. The van der Waals surface area contributed by atoms with E-state index in [1.54, 1.807) is 16.9 Å². The van der Waals surface area contributed by atoms with Crippen molar-refractivity contribution >= 4 is 10.0 Å². The molecule has 0 saturated heterocycles. The molecular formula is C8H9F2NO3S. The first-order valence-electron chi connectivity index (χ1n) is 3.97. The lowest BCUT2D eigenvalue weighted by atomic mass is 10.2. The molecule has 1 rings (SSSR count). The number of aromatic hydroxyl groups is 1. The maximum absolute atomic E-state index is 11.9. The zero-order valence-corrected chi connectivity index (χ0v) is 8.34. The SMILES string of the molecule is O=S(=O)(NCc1ccccc1O)C(F)F. The smallest absolute Gasteiger partial charge is 0.350 e. The van der Waals surface area contributed by atoms with E-state index < -0.39 is 15.8 Å². The van der Waals surface area contributed by atoms with E-state index in [1.165, 1.54) is 12.1 Å². The van der Waals surface area contributed by atoms with Gasteiger partial charge in [0.1, 0.15) is 5.75 Å². The van der Waals surface area contributed by atoms with Crippen molar-refractivity contribution in [3.05, 3.63) is 29.8 Å². The van der Waals surface area contributed by atoms with Crippen molar-refractivity contribution in [2.45, 2.75) is 12.3 Å². The van der Waals surface area contributed by atoms with E-state index in [2.05, 4.69) is 0 Å². The summed E-state index contributed by atoms with van der Waals surface area (Å²) in [4.78, 5) is 0. The van der Waals surface area contributed by atoms with Crippen LogP contribution in [0.3, 0.4) is 0 Å². The Hall–Kier alpha value is -1.21. The van der Waals surface area contributed by atoms with Crippen LogP contribution in [0.15, 0.2) is 24.3 Å². The fraction of sp³-hybridized carbons (Fsp3) is 0.250. The van der Waals surface area contributed by atoms with Crippen LogP contribution in [-0.2, 0) is 16.6 Å². The maximum Gasteiger partial charge on any atom is 0.350 e. The van der Waals surface area contributed by atoms with Crippen LogP contribution in [0.2, 0.25) is 0 Å². The molecule has 0 aliphatic carbocycles. The van der Waals surface area contributed by atoms with Crippen molar-refractivity contribution < 1.29 is 22.3 Å². The van der Waals surface area contributed by atoms with Gasteiger partial charge in [-0.2, -0.15) is 8.78 Å². The minimum atomic E-state index is -4.61. The minimum Gasteiger partial charge on any atom is -0.508 e. The van der Waals surface area contributed by atoms with Gasteiger partial charge in [0.2, 0.25) is 0 Å². The topological polar surface area (TPSA) is 66.4 Å². The van der Waals surface area contributed by atoms with Crippen LogP contribution >= 0.6 is 0 Å². The third-order valence-electron chi connectivity index (χ3n) is 1.69. The quantitative estimate of drug-likeness (QED) is 0.822. The molecule has 0 radical (unpaired) electrons. The Morgan fingerprint density at radius 2 is 1.93 bits per heavy atom. The van der Waals surface area contributed by atoms with Crippen molar-refractivity contribution in [3.63, 3.8) is 0 Å². The fourth-order valence-corrected chi connectivity index (χ4v) is 1.38. The molecule has 1 aromatic carbocycles. The van der Waals surface area contributed by atoms with E-state index in [9.17, 15) is 22.3 Å². The number of alkyl halides is 2. The van der Waals surface area contributed by atoms with Gasteiger partial charge in [0.25, 0.3) is 10.0 Å². The second kappa shape index (κ2) is 4.54. The van der Waals surface area contributed by atoms with Crippen LogP contribution in [0.4, 0.5) is 8.78 Å². The summed E-state index contributed by atoms with van der Waals surface area (Å²) in [7, 11) is -4.61. The van der Waals surface area contributed by atoms with Crippen molar-refractivity contribution in [2.24, 2.45) is 0 Å². The van der Waals surface area contributed by atoms with Gasteiger partial charge in [-0.15, -0.1) is 0 Å².